The Morgan fingerprint density at radius 2 is 2.26 bits per heavy atom. The number of hydrogen-bond donors (Lipinski definition) is 3. The van der Waals surface area contributed by atoms with E-state index in [-0.39, 0.29) is 17.7 Å². The van der Waals surface area contributed by atoms with E-state index >= 15 is 0 Å². The van der Waals surface area contributed by atoms with Gasteiger partial charge in [0.2, 0.25) is 11.2 Å². The highest BCUT2D eigenvalue weighted by atomic mass is 35.5. The minimum absolute atomic E-state index is 0.0971. The number of fused-ring (bicyclic) bond motifs is 1. The maximum absolute atomic E-state index is 11.6. The number of carbonyl (C=O) groups is 1. The second kappa shape index (κ2) is 5.83. The van der Waals surface area contributed by atoms with Crippen LogP contribution >= 0.6 is 11.6 Å². The number of nitrogens with zero attached hydrogens (tertiary/aromatic N) is 3. The molecule has 0 bridgehead atoms. The molecule has 3 N–H and O–H groups in total. The molecular formula is C11H15ClN6O. The summed E-state index contributed by atoms with van der Waals surface area (Å²) in [7, 11) is 0. The van der Waals surface area contributed by atoms with Crippen LogP contribution in [0.15, 0.2) is 6.20 Å². The van der Waals surface area contributed by atoms with Gasteiger partial charge in [0, 0.05) is 6.54 Å². The van der Waals surface area contributed by atoms with Crippen molar-refractivity contribution in [2.75, 3.05) is 18.4 Å². The second-order valence-corrected chi connectivity index (χ2v) is 4.86. The zero-order chi connectivity index (χ0) is 13.8. The van der Waals surface area contributed by atoms with Crippen molar-refractivity contribution in [3.8, 4) is 0 Å². The van der Waals surface area contributed by atoms with Crippen molar-refractivity contribution < 1.29 is 4.79 Å². The zero-order valence-electron chi connectivity index (χ0n) is 10.7. The van der Waals surface area contributed by atoms with E-state index in [0.29, 0.717) is 29.3 Å². The fraction of sp³-hybridized carbons (Fsp3) is 0.455. The summed E-state index contributed by atoms with van der Waals surface area (Å²) in [5.41, 5.74) is 0.532. The number of halogens is 1. The largest absolute Gasteiger partial charge is 0.360 e. The number of aromatic amines is 1. The van der Waals surface area contributed by atoms with E-state index in [2.05, 4.69) is 30.8 Å². The normalized spacial score (nSPS) is 10.9. The summed E-state index contributed by atoms with van der Waals surface area (Å²) in [6.45, 7) is 4.84. The predicted octanol–water partition coefficient (Wildman–Crippen LogP) is 1.19. The minimum Gasteiger partial charge on any atom is -0.360 e. The smallest absolute Gasteiger partial charge is 0.239 e. The standard InChI is InChI=1S/C11H15ClN6O/c1-6(2)3-13-8(19)5-14-9-7-4-15-18-10(7)17-11(12)16-9/h4,6H,3,5H2,1-2H3,(H,13,19)(H2,14,15,16,17,18). The molecule has 0 saturated heterocycles. The van der Waals surface area contributed by atoms with Gasteiger partial charge in [0.25, 0.3) is 0 Å². The number of hydrogen-bond acceptors (Lipinski definition) is 5. The first-order valence-electron chi connectivity index (χ1n) is 5.93. The van der Waals surface area contributed by atoms with Crippen LogP contribution in [-0.2, 0) is 4.79 Å². The molecule has 0 atom stereocenters. The van der Waals surface area contributed by atoms with Gasteiger partial charge < -0.3 is 10.6 Å². The maximum atomic E-state index is 11.6. The molecule has 0 unspecified atom stereocenters. The van der Waals surface area contributed by atoms with Crippen LogP contribution in [0.3, 0.4) is 0 Å². The number of aromatic nitrogens is 4. The van der Waals surface area contributed by atoms with E-state index in [1.165, 1.54) is 0 Å². The number of amides is 1. The van der Waals surface area contributed by atoms with Crippen molar-refractivity contribution in [1.82, 2.24) is 25.5 Å². The third-order valence-electron chi connectivity index (χ3n) is 2.41. The Morgan fingerprint density at radius 1 is 1.47 bits per heavy atom. The van der Waals surface area contributed by atoms with Crippen LogP contribution in [0.2, 0.25) is 5.28 Å². The fourth-order valence-electron chi connectivity index (χ4n) is 1.49. The Bertz CT molecular complexity index is 582. The lowest BCUT2D eigenvalue weighted by Crippen LogP contribution is -2.32. The van der Waals surface area contributed by atoms with Crippen molar-refractivity contribution in [3.05, 3.63) is 11.5 Å². The summed E-state index contributed by atoms with van der Waals surface area (Å²) in [5, 5.41) is 13.1. The molecule has 0 spiro atoms. The first-order valence-corrected chi connectivity index (χ1v) is 6.31. The molecule has 0 aliphatic carbocycles. The van der Waals surface area contributed by atoms with Gasteiger partial charge >= 0.3 is 0 Å². The zero-order valence-corrected chi connectivity index (χ0v) is 11.5. The third-order valence-corrected chi connectivity index (χ3v) is 2.58. The van der Waals surface area contributed by atoms with Gasteiger partial charge in [0.05, 0.1) is 18.1 Å². The number of rotatable bonds is 5. The van der Waals surface area contributed by atoms with Crippen molar-refractivity contribution in [2.45, 2.75) is 13.8 Å². The van der Waals surface area contributed by atoms with Gasteiger partial charge in [-0.05, 0) is 17.5 Å². The molecule has 0 fully saturated rings. The molecule has 2 rings (SSSR count). The average Bonchev–Trinajstić information content (AvgIpc) is 2.81. The summed E-state index contributed by atoms with van der Waals surface area (Å²) in [6.07, 6.45) is 1.58. The molecule has 2 aromatic rings. The SMILES string of the molecule is CC(C)CNC(=O)CNc1nc(Cl)nc2[nH]ncc12. The van der Waals surface area contributed by atoms with Crippen molar-refractivity contribution in [3.63, 3.8) is 0 Å². The summed E-state index contributed by atoms with van der Waals surface area (Å²) in [6, 6.07) is 0. The minimum atomic E-state index is -0.0971. The second-order valence-electron chi connectivity index (χ2n) is 4.53. The van der Waals surface area contributed by atoms with Gasteiger partial charge in [-0.1, -0.05) is 13.8 Å². The predicted molar refractivity (Wildman–Crippen MR) is 73.0 cm³/mol. The van der Waals surface area contributed by atoms with Gasteiger partial charge in [-0.15, -0.1) is 0 Å². The first kappa shape index (κ1) is 13.5. The van der Waals surface area contributed by atoms with Crippen LogP contribution < -0.4 is 10.6 Å². The molecule has 19 heavy (non-hydrogen) atoms. The lowest BCUT2D eigenvalue weighted by atomic mass is 10.2. The number of H-pyrrole nitrogens is 1. The van der Waals surface area contributed by atoms with E-state index in [0.717, 1.165) is 0 Å². The molecule has 0 radical (unpaired) electrons. The van der Waals surface area contributed by atoms with Crippen LogP contribution in [0.4, 0.5) is 5.82 Å². The van der Waals surface area contributed by atoms with Crippen LogP contribution in [0, 0.1) is 5.92 Å². The lowest BCUT2D eigenvalue weighted by Gasteiger charge is -2.09. The Morgan fingerprint density at radius 3 is 3.00 bits per heavy atom. The third kappa shape index (κ3) is 3.54. The van der Waals surface area contributed by atoms with Gasteiger partial charge in [-0.2, -0.15) is 15.1 Å². The quantitative estimate of drug-likeness (QED) is 0.716. The summed E-state index contributed by atoms with van der Waals surface area (Å²) in [5.74, 6) is 0.807. The molecule has 0 saturated carbocycles. The highest BCUT2D eigenvalue weighted by Gasteiger charge is 2.09. The van der Waals surface area contributed by atoms with Crippen molar-refractivity contribution >= 4 is 34.4 Å². The molecule has 2 heterocycles. The molecule has 102 valence electrons. The molecule has 1 amide bonds. The van der Waals surface area contributed by atoms with E-state index in [9.17, 15) is 4.79 Å². The molecule has 0 aliphatic rings. The highest BCUT2D eigenvalue weighted by molar-refractivity contribution is 6.28. The van der Waals surface area contributed by atoms with Crippen LogP contribution in [0.1, 0.15) is 13.8 Å². The molecule has 0 aliphatic heterocycles. The van der Waals surface area contributed by atoms with Crippen molar-refractivity contribution in [2.24, 2.45) is 5.92 Å². The van der Waals surface area contributed by atoms with Gasteiger partial charge in [-0.3, -0.25) is 9.89 Å². The van der Waals surface area contributed by atoms with Gasteiger partial charge in [0.15, 0.2) is 5.65 Å². The molecule has 2 aromatic heterocycles. The van der Waals surface area contributed by atoms with Crippen molar-refractivity contribution in [1.29, 1.82) is 0 Å². The summed E-state index contributed by atoms with van der Waals surface area (Å²) in [4.78, 5) is 19.6. The van der Waals surface area contributed by atoms with E-state index in [1.54, 1.807) is 6.20 Å². The first-order chi connectivity index (χ1) is 9.06. The fourth-order valence-corrected chi connectivity index (χ4v) is 1.66. The Kier molecular flexibility index (Phi) is 4.16. The van der Waals surface area contributed by atoms with E-state index in [1.807, 2.05) is 13.8 Å². The summed E-state index contributed by atoms with van der Waals surface area (Å²) >= 11 is 5.79. The molecule has 0 aromatic carbocycles. The van der Waals surface area contributed by atoms with Gasteiger partial charge in [0.1, 0.15) is 5.82 Å². The van der Waals surface area contributed by atoms with Crippen LogP contribution in [0.5, 0.6) is 0 Å². The van der Waals surface area contributed by atoms with E-state index < -0.39 is 0 Å². The topological polar surface area (TPSA) is 95.6 Å². The van der Waals surface area contributed by atoms with Crippen LogP contribution in [0.25, 0.3) is 11.0 Å². The van der Waals surface area contributed by atoms with Crippen LogP contribution in [-0.4, -0.2) is 39.2 Å². The monoisotopic (exact) mass is 282 g/mol. The number of anilines is 1. The van der Waals surface area contributed by atoms with E-state index in [4.69, 9.17) is 11.6 Å². The van der Waals surface area contributed by atoms with Gasteiger partial charge in [-0.25, -0.2) is 0 Å². The lowest BCUT2D eigenvalue weighted by molar-refractivity contribution is -0.119. The molecule has 8 heteroatoms. The number of carbonyl (C=O) groups excluding carboxylic acids is 1. The maximum Gasteiger partial charge on any atom is 0.239 e. The highest BCUT2D eigenvalue weighted by Crippen LogP contribution is 2.19. The Balaban J connectivity index is 2.01. The average molecular weight is 283 g/mol. The summed E-state index contributed by atoms with van der Waals surface area (Å²) < 4.78 is 0. The Hall–Kier alpha value is -1.89. The molecule has 7 nitrogen and oxygen atoms in total. The number of nitrogens with one attached hydrogen (secondary N) is 3. The molecular weight excluding hydrogens is 268 g/mol. The Labute approximate surface area is 115 Å².